The molecule has 0 atom stereocenters. The molecule has 0 N–H and O–H groups in total. The smallest absolute Gasteiger partial charge is 0.343 e. The third kappa shape index (κ3) is 10.9. The molecule has 0 aromatic heterocycles. The second kappa shape index (κ2) is 18.2. The first kappa shape index (κ1) is 33.9. The average Bonchev–Trinajstić information content (AvgIpc) is 3.03. The van der Waals surface area contributed by atoms with E-state index >= 15 is 0 Å². The van der Waals surface area contributed by atoms with Crippen molar-refractivity contribution in [1.82, 2.24) is 0 Å². The Bertz CT molecular complexity index is 1390. The van der Waals surface area contributed by atoms with Gasteiger partial charge in [0.1, 0.15) is 11.5 Å². The minimum atomic E-state index is -0.581. The summed E-state index contributed by atoms with van der Waals surface area (Å²) in [7, 11) is 1.43. The monoisotopic (exact) mass is 602 g/mol. The number of esters is 3. The third-order valence-corrected chi connectivity index (χ3v) is 6.92. The molecule has 0 saturated heterocycles. The molecule has 0 radical (unpaired) electrons. The molecule has 3 aromatic rings. The highest BCUT2D eigenvalue weighted by Crippen LogP contribution is 2.30. The number of carbonyl (C=O) groups excluding carboxylic acids is 3. The molecule has 8 heteroatoms. The standard InChI is InChI=1S/C36H42O8/c1-5-7-8-9-10-13-27-14-18-30(19-15-27)43-35(38)29-17-21-32(33(25-29)40-4)44-36(39)28-16-20-31(26(3)24-28)41-22-11-12-23-42-34(37)6-2/h6,14-21,24-25H,2,5,7-13,22-23H2,1,3-4H3. The van der Waals surface area contributed by atoms with Crippen molar-refractivity contribution in [3.63, 3.8) is 0 Å². The molecule has 0 bridgehead atoms. The third-order valence-electron chi connectivity index (χ3n) is 6.92. The summed E-state index contributed by atoms with van der Waals surface area (Å²) < 4.78 is 27.3. The van der Waals surface area contributed by atoms with Gasteiger partial charge in [0, 0.05) is 6.08 Å². The molecule has 0 aliphatic heterocycles. The molecule has 3 aromatic carbocycles. The quantitative estimate of drug-likeness (QED) is 0.0629. The molecule has 0 unspecified atom stereocenters. The van der Waals surface area contributed by atoms with Gasteiger partial charge in [-0.15, -0.1) is 0 Å². The van der Waals surface area contributed by atoms with Gasteiger partial charge in [0.25, 0.3) is 0 Å². The lowest BCUT2D eigenvalue weighted by molar-refractivity contribution is -0.137. The molecule has 234 valence electrons. The Morgan fingerprint density at radius 2 is 1.39 bits per heavy atom. The van der Waals surface area contributed by atoms with E-state index in [1.165, 1.54) is 56.6 Å². The Morgan fingerprint density at radius 3 is 2.07 bits per heavy atom. The topological polar surface area (TPSA) is 97.4 Å². The van der Waals surface area contributed by atoms with Crippen molar-refractivity contribution >= 4 is 17.9 Å². The van der Waals surface area contributed by atoms with Gasteiger partial charge in [-0.3, -0.25) is 0 Å². The molecular weight excluding hydrogens is 560 g/mol. The van der Waals surface area contributed by atoms with Crippen molar-refractivity contribution in [1.29, 1.82) is 0 Å². The minimum Gasteiger partial charge on any atom is -0.493 e. The van der Waals surface area contributed by atoms with Crippen LogP contribution in [0.5, 0.6) is 23.0 Å². The van der Waals surface area contributed by atoms with Crippen molar-refractivity contribution in [2.75, 3.05) is 20.3 Å². The maximum atomic E-state index is 12.9. The zero-order valence-electron chi connectivity index (χ0n) is 25.9. The van der Waals surface area contributed by atoms with E-state index < -0.39 is 17.9 Å². The van der Waals surface area contributed by atoms with E-state index in [-0.39, 0.29) is 17.1 Å². The predicted octanol–water partition coefficient (Wildman–Crippen LogP) is 7.84. The predicted molar refractivity (Wildman–Crippen MR) is 169 cm³/mol. The Hall–Kier alpha value is -4.59. The molecule has 0 saturated carbocycles. The fourth-order valence-electron chi connectivity index (χ4n) is 4.42. The van der Waals surface area contributed by atoms with E-state index in [1.54, 1.807) is 30.3 Å². The summed E-state index contributed by atoms with van der Waals surface area (Å²) in [6.07, 6.45) is 9.62. The zero-order chi connectivity index (χ0) is 31.7. The molecule has 0 fully saturated rings. The van der Waals surface area contributed by atoms with Crippen molar-refractivity contribution < 1.29 is 38.1 Å². The van der Waals surface area contributed by atoms with Crippen LogP contribution < -0.4 is 18.9 Å². The Morgan fingerprint density at radius 1 is 0.727 bits per heavy atom. The molecule has 0 heterocycles. The van der Waals surface area contributed by atoms with E-state index in [0.29, 0.717) is 43.1 Å². The summed E-state index contributed by atoms with van der Waals surface area (Å²) in [5, 5.41) is 0. The van der Waals surface area contributed by atoms with E-state index in [0.717, 1.165) is 24.5 Å². The highest BCUT2D eigenvalue weighted by molar-refractivity contribution is 5.93. The normalized spacial score (nSPS) is 10.5. The largest absolute Gasteiger partial charge is 0.493 e. The number of carbonyl (C=O) groups is 3. The SMILES string of the molecule is C=CC(=O)OCCCCOc1ccc(C(=O)Oc2ccc(C(=O)Oc3ccc(CCCCCCC)cc3)cc2OC)cc1C. The van der Waals surface area contributed by atoms with Crippen LogP contribution in [0.25, 0.3) is 0 Å². The van der Waals surface area contributed by atoms with Crippen LogP contribution in [0.15, 0.2) is 73.3 Å². The summed E-state index contributed by atoms with van der Waals surface area (Å²) in [6, 6.07) is 17.1. The van der Waals surface area contributed by atoms with Gasteiger partial charge < -0.3 is 23.7 Å². The van der Waals surface area contributed by atoms with Gasteiger partial charge in [-0.25, -0.2) is 14.4 Å². The van der Waals surface area contributed by atoms with Crippen LogP contribution in [0.1, 0.15) is 83.7 Å². The number of hydrogen-bond acceptors (Lipinski definition) is 8. The molecule has 0 aliphatic carbocycles. The first-order valence-electron chi connectivity index (χ1n) is 15.1. The highest BCUT2D eigenvalue weighted by Gasteiger charge is 2.17. The van der Waals surface area contributed by atoms with E-state index in [2.05, 4.69) is 13.5 Å². The second-order valence-corrected chi connectivity index (χ2v) is 10.4. The van der Waals surface area contributed by atoms with Crippen LogP contribution in [-0.4, -0.2) is 38.2 Å². The first-order valence-corrected chi connectivity index (χ1v) is 15.1. The molecule has 0 aliphatic rings. The summed E-state index contributed by atoms with van der Waals surface area (Å²) >= 11 is 0. The Labute approximate surface area is 259 Å². The number of benzene rings is 3. The molecule has 0 amide bonds. The number of ether oxygens (including phenoxy) is 5. The summed E-state index contributed by atoms with van der Waals surface area (Å²) in [5.74, 6) is -0.0762. The number of methoxy groups -OCH3 is 1. The van der Waals surface area contributed by atoms with Crippen molar-refractivity contribution in [3.8, 4) is 23.0 Å². The number of aryl methyl sites for hydroxylation is 2. The van der Waals surface area contributed by atoms with Crippen LogP contribution >= 0.6 is 0 Å². The number of unbranched alkanes of at least 4 members (excludes halogenated alkanes) is 5. The summed E-state index contributed by atoms with van der Waals surface area (Å²) in [5.41, 5.74) is 2.58. The lowest BCUT2D eigenvalue weighted by Gasteiger charge is -2.13. The molecule has 44 heavy (non-hydrogen) atoms. The maximum Gasteiger partial charge on any atom is 0.343 e. The molecule has 3 rings (SSSR count). The number of hydrogen-bond donors (Lipinski definition) is 0. The summed E-state index contributed by atoms with van der Waals surface area (Å²) in [6.45, 7) is 8.14. The lowest BCUT2D eigenvalue weighted by Crippen LogP contribution is -2.12. The summed E-state index contributed by atoms with van der Waals surface area (Å²) in [4.78, 5) is 36.8. The van der Waals surface area contributed by atoms with Crippen LogP contribution in [0, 0.1) is 6.92 Å². The van der Waals surface area contributed by atoms with E-state index in [1.807, 2.05) is 19.1 Å². The molecule has 8 nitrogen and oxygen atoms in total. The Kier molecular flexibility index (Phi) is 14.0. The van der Waals surface area contributed by atoms with Gasteiger partial charge in [0.2, 0.25) is 0 Å². The Balaban J connectivity index is 1.52. The van der Waals surface area contributed by atoms with Gasteiger partial charge in [0.15, 0.2) is 11.5 Å². The van der Waals surface area contributed by atoms with Crippen LogP contribution in [0.3, 0.4) is 0 Å². The highest BCUT2D eigenvalue weighted by atomic mass is 16.6. The van der Waals surface area contributed by atoms with Crippen LogP contribution in [0.2, 0.25) is 0 Å². The molecular formula is C36H42O8. The lowest BCUT2D eigenvalue weighted by atomic mass is 10.1. The minimum absolute atomic E-state index is 0.174. The van der Waals surface area contributed by atoms with E-state index in [9.17, 15) is 14.4 Å². The second-order valence-electron chi connectivity index (χ2n) is 10.4. The van der Waals surface area contributed by atoms with Crippen molar-refractivity contribution in [3.05, 3.63) is 95.6 Å². The van der Waals surface area contributed by atoms with Crippen molar-refractivity contribution in [2.24, 2.45) is 0 Å². The van der Waals surface area contributed by atoms with Crippen LogP contribution in [0.4, 0.5) is 0 Å². The van der Waals surface area contributed by atoms with Gasteiger partial charge in [-0.2, -0.15) is 0 Å². The van der Waals surface area contributed by atoms with Crippen molar-refractivity contribution in [2.45, 2.75) is 65.2 Å². The number of rotatable bonds is 18. The van der Waals surface area contributed by atoms with Gasteiger partial charge in [-0.1, -0.05) is 51.3 Å². The van der Waals surface area contributed by atoms with Gasteiger partial charge in [0.05, 0.1) is 31.5 Å². The maximum absolute atomic E-state index is 12.9. The average molecular weight is 603 g/mol. The van der Waals surface area contributed by atoms with Crippen LogP contribution in [-0.2, 0) is 16.0 Å². The van der Waals surface area contributed by atoms with Gasteiger partial charge in [-0.05, 0) is 92.3 Å². The van der Waals surface area contributed by atoms with Gasteiger partial charge >= 0.3 is 17.9 Å². The first-order chi connectivity index (χ1) is 21.3. The molecule has 0 spiro atoms. The fraction of sp³-hybridized carbons (Fsp3) is 0.361. The zero-order valence-corrected chi connectivity index (χ0v) is 25.9. The van der Waals surface area contributed by atoms with E-state index in [4.69, 9.17) is 23.7 Å². The fourth-order valence-corrected chi connectivity index (χ4v) is 4.42.